The number of halogens is 1. The van der Waals surface area contributed by atoms with E-state index in [1.54, 1.807) is 18.1 Å². The molecule has 0 aliphatic heterocycles. The van der Waals surface area contributed by atoms with Gasteiger partial charge in [0, 0.05) is 22.4 Å². The molecule has 2 N–H and O–H groups in total. The number of carbonyl (C=O) groups is 1. The molecule has 0 saturated carbocycles. The van der Waals surface area contributed by atoms with Gasteiger partial charge in [-0.2, -0.15) is 11.8 Å². The van der Waals surface area contributed by atoms with Crippen LogP contribution in [0.15, 0.2) is 54.9 Å². The summed E-state index contributed by atoms with van der Waals surface area (Å²) in [5.41, 5.74) is 9.57. The fourth-order valence-electron chi connectivity index (χ4n) is 3.28. The van der Waals surface area contributed by atoms with Gasteiger partial charge in [-0.1, -0.05) is 35.9 Å². The Balaban J connectivity index is 1.73. The third-order valence-electron chi connectivity index (χ3n) is 4.72. The van der Waals surface area contributed by atoms with Crippen molar-refractivity contribution in [1.82, 2.24) is 9.55 Å². The van der Waals surface area contributed by atoms with Crippen molar-refractivity contribution in [1.29, 1.82) is 0 Å². The molecule has 2 aromatic heterocycles. The Labute approximate surface area is 187 Å². The van der Waals surface area contributed by atoms with Crippen LogP contribution in [0.3, 0.4) is 0 Å². The van der Waals surface area contributed by atoms with Gasteiger partial charge in [0.15, 0.2) is 0 Å². The van der Waals surface area contributed by atoms with Crippen molar-refractivity contribution in [3.63, 3.8) is 0 Å². The largest absolute Gasteiger partial charge is 0.484 e. The Bertz CT molecular complexity index is 1220. The van der Waals surface area contributed by atoms with Crippen LogP contribution >= 0.6 is 34.7 Å². The molecule has 0 aliphatic rings. The van der Waals surface area contributed by atoms with E-state index in [1.165, 1.54) is 16.9 Å². The average molecular weight is 458 g/mol. The number of hydrogen-bond donors (Lipinski definition) is 1. The molecule has 0 radical (unpaired) electrons. The molecule has 8 heteroatoms. The predicted octanol–water partition coefficient (Wildman–Crippen LogP) is 5.84. The summed E-state index contributed by atoms with van der Waals surface area (Å²) in [4.78, 5) is 16.9. The normalized spacial score (nSPS) is 12.2. The molecule has 4 aromatic rings. The van der Waals surface area contributed by atoms with Gasteiger partial charge in [-0.05, 0) is 36.9 Å². The van der Waals surface area contributed by atoms with E-state index in [1.807, 2.05) is 47.9 Å². The summed E-state index contributed by atoms with van der Waals surface area (Å²) < 4.78 is 8.08. The number of nitrogens with zero attached hydrogens (tertiary/aromatic N) is 2. The van der Waals surface area contributed by atoms with Crippen molar-refractivity contribution >= 4 is 51.6 Å². The molecule has 30 heavy (non-hydrogen) atoms. The Kier molecular flexibility index (Phi) is 6.04. The van der Waals surface area contributed by atoms with Crippen LogP contribution in [0.25, 0.3) is 16.0 Å². The summed E-state index contributed by atoms with van der Waals surface area (Å²) >= 11 is 9.35. The molecular weight excluding hydrogens is 438 g/mol. The highest BCUT2D eigenvalue weighted by Crippen LogP contribution is 2.37. The van der Waals surface area contributed by atoms with E-state index < -0.39 is 5.91 Å². The number of thiophene rings is 1. The minimum Gasteiger partial charge on any atom is -0.484 e. The molecule has 0 aliphatic carbocycles. The lowest BCUT2D eigenvalue weighted by molar-refractivity contribution is 0.0998. The van der Waals surface area contributed by atoms with Gasteiger partial charge in [0.05, 0.1) is 11.0 Å². The lowest BCUT2D eigenvalue weighted by Gasteiger charge is -2.16. The first-order chi connectivity index (χ1) is 14.5. The SMILES string of the molecule is CSCc1ccc2ncn(-c3cc(O[C@H](C)c4ccccc4Cl)c(C(N)=O)s3)c2c1. The van der Waals surface area contributed by atoms with Gasteiger partial charge in [0.25, 0.3) is 5.91 Å². The number of hydrogen-bond acceptors (Lipinski definition) is 5. The summed E-state index contributed by atoms with van der Waals surface area (Å²) in [5, 5.41) is 1.43. The Morgan fingerprint density at radius 3 is 2.83 bits per heavy atom. The van der Waals surface area contributed by atoms with Crippen molar-refractivity contribution in [3.05, 3.63) is 75.9 Å². The van der Waals surface area contributed by atoms with E-state index in [0.29, 0.717) is 15.6 Å². The van der Waals surface area contributed by atoms with Gasteiger partial charge in [-0.15, -0.1) is 11.3 Å². The van der Waals surface area contributed by atoms with E-state index in [4.69, 9.17) is 22.1 Å². The van der Waals surface area contributed by atoms with Crippen LogP contribution < -0.4 is 10.5 Å². The molecular formula is C22H20ClN3O2S2. The molecule has 2 aromatic carbocycles. The molecule has 5 nitrogen and oxygen atoms in total. The molecule has 0 bridgehead atoms. The maximum Gasteiger partial charge on any atom is 0.262 e. The highest BCUT2D eigenvalue weighted by atomic mass is 35.5. The summed E-state index contributed by atoms with van der Waals surface area (Å²) in [5.74, 6) is 0.832. The molecule has 1 atom stereocenters. The predicted molar refractivity (Wildman–Crippen MR) is 125 cm³/mol. The topological polar surface area (TPSA) is 70.1 Å². The first kappa shape index (κ1) is 20.8. The van der Waals surface area contributed by atoms with Crippen LogP contribution in [0.1, 0.15) is 33.8 Å². The Hall–Kier alpha value is -2.48. The third kappa shape index (κ3) is 4.05. The number of nitrogens with two attached hydrogens (primary N) is 1. The number of carbonyl (C=O) groups excluding carboxylic acids is 1. The van der Waals surface area contributed by atoms with Crippen molar-refractivity contribution in [2.24, 2.45) is 5.73 Å². The van der Waals surface area contributed by atoms with Gasteiger partial charge in [0.1, 0.15) is 28.1 Å². The van der Waals surface area contributed by atoms with Crippen LogP contribution in [0.2, 0.25) is 5.02 Å². The first-order valence-corrected chi connectivity index (χ1v) is 11.9. The number of imidazole rings is 1. The van der Waals surface area contributed by atoms with E-state index >= 15 is 0 Å². The third-order valence-corrected chi connectivity index (χ3v) is 6.81. The highest BCUT2D eigenvalue weighted by Gasteiger charge is 2.21. The zero-order chi connectivity index (χ0) is 21.3. The maximum absolute atomic E-state index is 12.1. The molecule has 154 valence electrons. The van der Waals surface area contributed by atoms with Gasteiger partial charge >= 0.3 is 0 Å². The average Bonchev–Trinajstić information content (AvgIpc) is 3.32. The van der Waals surface area contributed by atoms with E-state index in [-0.39, 0.29) is 6.10 Å². The Morgan fingerprint density at radius 1 is 1.30 bits per heavy atom. The monoisotopic (exact) mass is 457 g/mol. The van der Waals surface area contributed by atoms with E-state index in [2.05, 4.69) is 23.4 Å². The van der Waals surface area contributed by atoms with Crippen LogP contribution in [0.4, 0.5) is 0 Å². The zero-order valence-electron chi connectivity index (χ0n) is 16.5. The van der Waals surface area contributed by atoms with Crippen LogP contribution in [-0.4, -0.2) is 21.7 Å². The summed E-state index contributed by atoms with van der Waals surface area (Å²) in [7, 11) is 0. The van der Waals surface area contributed by atoms with Crippen molar-refractivity contribution in [2.45, 2.75) is 18.8 Å². The number of amides is 1. The number of ether oxygens (including phenoxy) is 1. The van der Waals surface area contributed by atoms with Crippen LogP contribution in [0.5, 0.6) is 5.75 Å². The molecule has 0 saturated heterocycles. The second-order valence-corrected chi connectivity index (χ2v) is 9.10. The lowest BCUT2D eigenvalue weighted by Crippen LogP contribution is -2.12. The number of fused-ring (bicyclic) bond motifs is 1. The van der Waals surface area contributed by atoms with Crippen molar-refractivity contribution in [3.8, 4) is 10.8 Å². The van der Waals surface area contributed by atoms with E-state index in [9.17, 15) is 4.79 Å². The molecule has 0 fully saturated rings. The lowest BCUT2D eigenvalue weighted by atomic mass is 10.1. The molecule has 0 unspecified atom stereocenters. The number of primary amides is 1. The molecule has 4 rings (SSSR count). The number of aromatic nitrogens is 2. The fraction of sp³-hybridized carbons (Fsp3) is 0.182. The van der Waals surface area contributed by atoms with Crippen LogP contribution in [0, 0.1) is 0 Å². The number of benzene rings is 2. The summed E-state index contributed by atoms with van der Waals surface area (Å²) in [6.07, 6.45) is 3.49. The van der Waals surface area contributed by atoms with Crippen LogP contribution in [-0.2, 0) is 5.75 Å². The minimum atomic E-state index is -0.528. The standard InChI is InChI=1S/C22H20ClN3O2S2/c1-13(15-5-3-4-6-16(15)23)28-19-10-20(30-21(19)22(24)27)26-12-25-17-8-7-14(11-29-2)9-18(17)26/h3-10,12-13H,11H2,1-2H3,(H2,24,27)/t13-/m1/s1. The summed E-state index contributed by atoms with van der Waals surface area (Å²) in [6, 6.07) is 15.5. The first-order valence-electron chi connectivity index (χ1n) is 9.28. The molecule has 1 amide bonds. The van der Waals surface area contributed by atoms with Gasteiger partial charge in [-0.25, -0.2) is 4.98 Å². The van der Waals surface area contributed by atoms with Crippen molar-refractivity contribution in [2.75, 3.05) is 6.26 Å². The molecule has 2 heterocycles. The minimum absolute atomic E-state index is 0.341. The van der Waals surface area contributed by atoms with Crippen molar-refractivity contribution < 1.29 is 9.53 Å². The number of rotatable bonds is 7. The second-order valence-electron chi connectivity index (χ2n) is 6.79. The molecule has 0 spiro atoms. The summed E-state index contributed by atoms with van der Waals surface area (Å²) in [6.45, 7) is 1.89. The fourth-order valence-corrected chi connectivity index (χ4v) is 5.01. The highest BCUT2D eigenvalue weighted by molar-refractivity contribution is 7.97. The zero-order valence-corrected chi connectivity index (χ0v) is 18.9. The van der Waals surface area contributed by atoms with Gasteiger partial charge < -0.3 is 10.5 Å². The maximum atomic E-state index is 12.1. The second kappa shape index (κ2) is 8.71. The quantitative estimate of drug-likeness (QED) is 0.378. The van der Waals surface area contributed by atoms with Gasteiger partial charge in [-0.3, -0.25) is 9.36 Å². The van der Waals surface area contributed by atoms with Gasteiger partial charge in [0.2, 0.25) is 0 Å². The smallest absolute Gasteiger partial charge is 0.262 e. The van der Waals surface area contributed by atoms with E-state index in [0.717, 1.165) is 27.4 Å². The number of thioether (sulfide) groups is 1. The Morgan fingerprint density at radius 2 is 2.10 bits per heavy atom.